The van der Waals surface area contributed by atoms with Gasteiger partial charge in [0.1, 0.15) is 16.9 Å². The number of carbonyl (C=O) groups excluding carboxylic acids is 2. The van der Waals surface area contributed by atoms with Crippen molar-refractivity contribution in [1.82, 2.24) is 20.5 Å². The molecule has 3 aromatic rings. The van der Waals surface area contributed by atoms with E-state index in [0.29, 0.717) is 17.2 Å². The summed E-state index contributed by atoms with van der Waals surface area (Å²) in [6, 6.07) is 13.4. The highest BCUT2D eigenvalue weighted by molar-refractivity contribution is 7.13. The lowest BCUT2D eigenvalue weighted by Crippen LogP contribution is -2.50. The first-order valence-corrected chi connectivity index (χ1v) is 10.8. The van der Waals surface area contributed by atoms with Crippen LogP contribution in [0.5, 0.6) is 0 Å². The number of hydrogen-bond donors (Lipinski definition) is 1. The Labute approximate surface area is 177 Å². The average Bonchev–Trinajstić information content (AvgIpc) is 3.53. The molecule has 150 valence electrons. The minimum atomic E-state index is -0.564. The Morgan fingerprint density at radius 3 is 2.80 bits per heavy atom. The zero-order valence-corrected chi connectivity index (χ0v) is 17.1. The summed E-state index contributed by atoms with van der Waals surface area (Å²) in [7, 11) is 1.73. The first kappa shape index (κ1) is 17.7. The van der Waals surface area contributed by atoms with Gasteiger partial charge in [0, 0.05) is 36.1 Å². The molecule has 0 spiro atoms. The van der Waals surface area contributed by atoms with E-state index in [-0.39, 0.29) is 22.6 Å². The van der Waals surface area contributed by atoms with Crippen molar-refractivity contribution in [1.29, 1.82) is 0 Å². The maximum absolute atomic E-state index is 13.2. The molecule has 8 heteroatoms. The molecule has 1 aliphatic heterocycles. The topological polar surface area (TPSA) is 88.1 Å². The van der Waals surface area contributed by atoms with E-state index in [1.54, 1.807) is 18.1 Å². The molecular weight excluding hydrogens is 398 g/mol. The summed E-state index contributed by atoms with van der Waals surface area (Å²) >= 11 is 1.27. The zero-order valence-electron chi connectivity index (χ0n) is 16.3. The van der Waals surface area contributed by atoms with E-state index in [9.17, 15) is 9.59 Å². The van der Waals surface area contributed by atoms with Gasteiger partial charge in [-0.15, -0.1) is 10.2 Å². The first-order valence-electron chi connectivity index (χ1n) is 9.94. The van der Waals surface area contributed by atoms with Crippen LogP contribution >= 0.6 is 11.3 Å². The summed E-state index contributed by atoms with van der Waals surface area (Å²) in [6.07, 6.45) is 4.17. The quantitative estimate of drug-likeness (QED) is 0.704. The lowest BCUT2D eigenvalue weighted by Gasteiger charge is -2.26. The van der Waals surface area contributed by atoms with Gasteiger partial charge in [-0.2, -0.15) is 0 Å². The van der Waals surface area contributed by atoms with Crippen molar-refractivity contribution in [2.75, 3.05) is 11.9 Å². The van der Waals surface area contributed by atoms with Crippen molar-refractivity contribution in [3.8, 4) is 0 Å². The van der Waals surface area contributed by atoms with Gasteiger partial charge in [0.2, 0.25) is 5.01 Å². The molecule has 1 aromatic carbocycles. The summed E-state index contributed by atoms with van der Waals surface area (Å²) < 4.78 is 0. The van der Waals surface area contributed by atoms with Crippen molar-refractivity contribution in [2.45, 2.75) is 30.7 Å². The highest BCUT2D eigenvalue weighted by Gasteiger charge is 2.88. The molecule has 3 heterocycles. The molecule has 6 rings (SSSR count). The third kappa shape index (κ3) is 2.34. The van der Waals surface area contributed by atoms with Gasteiger partial charge < -0.3 is 5.32 Å². The monoisotopic (exact) mass is 417 g/mol. The fourth-order valence-corrected chi connectivity index (χ4v) is 5.81. The normalized spacial score (nSPS) is 28.1. The largest absolute Gasteiger partial charge is 0.338 e. The van der Waals surface area contributed by atoms with E-state index >= 15 is 0 Å². The molecule has 2 saturated carbocycles. The van der Waals surface area contributed by atoms with Crippen molar-refractivity contribution < 1.29 is 9.59 Å². The van der Waals surface area contributed by atoms with Gasteiger partial charge >= 0.3 is 0 Å². The number of nitrogens with one attached hydrogen (secondary N) is 1. The van der Waals surface area contributed by atoms with Crippen LogP contribution < -0.4 is 10.2 Å². The van der Waals surface area contributed by atoms with Crippen LogP contribution in [0.3, 0.4) is 0 Å². The molecule has 30 heavy (non-hydrogen) atoms. The molecule has 2 aromatic heterocycles. The molecule has 2 amide bonds. The molecule has 0 unspecified atom stereocenters. The molecular formula is C22H19N5O2S. The third-order valence-corrected chi connectivity index (χ3v) is 7.74. The highest BCUT2D eigenvalue weighted by Crippen LogP contribution is 2.88. The second kappa shape index (κ2) is 5.95. The van der Waals surface area contributed by atoms with Crippen LogP contribution in [0.1, 0.15) is 38.8 Å². The Kier molecular flexibility index (Phi) is 3.51. The molecule has 7 nitrogen and oxygen atoms in total. The van der Waals surface area contributed by atoms with Gasteiger partial charge in [-0.25, -0.2) is 4.98 Å². The maximum atomic E-state index is 13.2. The van der Waals surface area contributed by atoms with E-state index in [0.717, 1.165) is 29.0 Å². The number of aromatic nitrogens is 3. The molecule has 3 aliphatic rings. The molecule has 1 N–H and O–H groups in total. The van der Waals surface area contributed by atoms with Crippen LogP contribution in [0, 0.1) is 5.41 Å². The predicted molar refractivity (Wildman–Crippen MR) is 111 cm³/mol. The molecule has 0 radical (unpaired) electrons. The number of amides is 2. The zero-order chi connectivity index (χ0) is 20.5. The van der Waals surface area contributed by atoms with Crippen LogP contribution in [0.25, 0.3) is 0 Å². The van der Waals surface area contributed by atoms with E-state index < -0.39 is 6.04 Å². The summed E-state index contributed by atoms with van der Waals surface area (Å²) in [5.74, 6) is 0.258. The number of pyridine rings is 1. The smallest absolute Gasteiger partial charge is 0.282 e. The molecule has 1 atom stereocenters. The fraction of sp³-hybridized carbons (Fsp3) is 0.318. The lowest BCUT2D eigenvalue weighted by atomic mass is 10.0. The minimum Gasteiger partial charge on any atom is -0.338 e. The molecule has 0 saturated heterocycles. The van der Waals surface area contributed by atoms with Gasteiger partial charge in [-0.3, -0.25) is 14.5 Å². The Morgan fingerprint density at radius 1 is 1.20 bits per heavy atom. The third-order valence-electron chi connectivity index (χ3n) is 6.82. The average molecular weight is 417 g/mol. The fourth-order valence-electron chi connectivity index (χ4n) is 5.03. The van der Waals surface area contributed by atoms with E-state index in [4.69, 9.17) is 0 Å². The number of hydrogen-bond acceptors (Lipinski definition) is 6. The first-order chi connectivity index (χ1) is 14.5. The number of benzene rings is 1. The number of likely N-dealkylation sites (N-methyl/N-ethyl adjacent to an activating group) is 1. The summed E-state index contributed by atoms with van der Waals surface area (Å²) in [4.78, 5) is 32.2. The van der Waals surface area contributed by atoms with Gasteiger partial charge in [-0.05, 0) is 24.5 Å². The second-order valence-electron chi connectivity index (χ2n) is 8.43. The lowest BCUT2D eigenvalue weighted by molar-refractivity contribution is -0.121. The molecule has 2 aliphatic carbocycles. The van der Waals surface area contributed by atoms with E-state index in [1.807, 2.05) is 36.4 Å². The predicted octanol–water partition coefficient (Wildman–Crippen LogP) is 2.33. The van der Waals surface area contributed by atoms with Crippen molar-refractivity contribution in [2.24, 2.45) is 5.41 Å². The minimum absolute atomic E-state index is 0.0193. The van der Waals surface area contributed by atoms with Crippen molar-refractivity contribution >= 4 is 29.0 Å². The Morgan fingerprint density at radius 2 is 2.00 bits per heavy atom. The number of rotatable bonds is 4. The van der Waals surface area contributed by atoms with Crippen LogP contribution in [0.15, 0.2) is 48.7 Å². The Bertz CT molecular complexity index is 1190. The Balaban J connectivity index is 1.24. The van der Waals surface area contributed by atoms with Crippen LogP contribution in [0.2, 0.25) is 0 Å². The van der Waals surface area contributed by atoms with Crippen LogP contribution in [0.4, 0.5) is 5.82 Å². The van der Waals surface area contributed by atoms with Gasteiger partial charge in [0.25, 0.3) is 11.8 Å². The number of nitrogens with zero attached hydrogens (tertiary/aromatic N) is 4. The summed E-state index contributed by atoms with van der Waals surface area (Å²) in [6.45, 7) is 0. The Hall–Kier alpha value is -3.13. The number of fused-ring (bicyclic) bond motifs is 1. The van der Waals surface area contributed by atoms with Crippen LogP contribution in [-0.2, 0) is 16.6 Å². The number of anilines is 1. The van der Waals surface area contributed by atoms with Crippen LogP contribution in [-0.4, -0.2) is 40.1 Å². The molecule has 2 fully saturated rings. The summed E-state index contributed by atoms with van der Waals surface area (Å²) in [5.41, 5.74) is 2.04. The van der Waals surface area contributed by atoms with E-state index in [1.165, 1.54) is 11.3 Å². The maximum Gasteiger partial charge on any atom is 0.282 e. The van der Waals surface area contributed by atoms with Gasteiger partial charge in [-0.1, -0.05) is 47.7 Å². The van der Waals surface area contributed by atoms with Gasteiger partial charge in [0.05, 0.1) is 0 Å². The van der Waals surface area contributed by atoms with Crippen molar-refractivity contribution in [3.63, 3.8) is 0 Å². The van der Waals surface area contributed by atoms with E-state index in [2.05, 4.69) is 26.6 Å². The summed E-state index contributed by atoms with van der Waals surface area (Å²) in [5, 5.41) is 12.3. The molecule has 0 bridgehead atoms. The standard InChI is InChI=1S/C22H19N5O2S/c1-27-17-14(8-5-9-23-17)21-11-22(21,12-21)16(20(27)29)24-18(28)19-26-25-15(30-19)10-13-6-3-2-4-7-13/h2-9,16H,10-12H2,1H3,(H,24,28)/t16-,21?,22?/m1/s1. The van der Waals surface area contributed by atoms with Crippen molar-refractivity contribution in [3.05, 3.63) is 69.8 Å². The highest BCUT2D eigenvalue weighted by atomic mass is 32.1. The van der Waals surface area contributed by atoms with Gasteiger partial charge in [0.15, 0.2) is 0 Å². The SMILES string of the molecule is CN1C(=O)[C@@H](NC(=O)c2nnc(Cc3ccccc3)s2)C23CC2(C3)c2cccnc21. The second-order valence-corrected chi connectivity index (χ2v) is 9.50. The number of carbonyl (C=O) groups is 2.